The van der Waals surface area contributed by atoms with Crippen molar-refractivity contribution < 1.29 is 9.05 Å². The summed E-state index contributed by atoms with van der Waals surface area (Å²) in [5.41, 5.74) is 5.22. The van der Waals surface area contributed by atoms with Crippen molar-refractivity contribution in [3.8, 4) is 6.07 Å². The van der Waals surface area contributed by atoms with Gasteiger partial charge in [-0.3, -0.25) is 5.50 Å². The summed E-state index contributed by atoms with van der Waals surface area (Å²) in [7, 11) is 0.0942. The third-order valence-corrected chi connectivity index (χ3v) is 1.51. The molecule has 0 saturated heterocycles. The second-order valence-electron chi connectivity index (χ2n) is 1.34. The van der Waals surface area contributed by atoms with E-state index in [0.717, 1.165) is 0 Å². The lowest BCUT2D eigenvalue weighted by atomic mass is 10.5. The first kappa shape index (κ1) is 8.80. The van der Waals surface area contributed by atoms with E-state index in [0.29, 0.717) is 0 Å². The van der Waals surface area contributed by atoms with Crippen LogP contribution in [-0.2, 0) is 9.05 Å². The summed E-state index contributed by atoms with van der Waals surface area (Å²) in [6, 6.07) is 1.86. The molecule has 0 heterocycles. The zero-order valence-corrected chi connectivity index (χ0v) is 6.26. The Bertz CT molecular complexity index is 114. The lowest BCUT2D eigenvalue weighted by Crippen LogP contribution is -2.05. The van der Waals surface area contributed by atoms with E-state index in [1.54, 1.807) is 6.92 Å². The minimum Gasteiger partial charge on any atom is -0.326 e. The molecule has 0 amide bonds. The SMILES string of the molecule is COP(N)OC(C)C#N. The third kappa shape index (κ3) is 4.31. The molecule has 9 heavy (non-hydrogen) atoms. The number of nitrogens with zero attached hydrogens (tertiary/aromatic N) is 1. The highest BCUT2D eigenvalue weighted by molar-refractivity contribution is 7.44. The molecular weight excluding hydrogens is 139 g/mol. The Labute approximate surface area is 55.5 Å². The molecule has 0 spiro atoms. The van der Waals surface area contributed by atoms with Gasteiger partial charge in [0.25, 0.3) is 8.53 Å². The van der Waals surface area contributed by atoms with Gasteiger partial charge in [0.1, 0.15) is 6.10 Å². The third-order valence-electron chi connectivity index (χ3n) is 0.624. The van der Waals surface area contributed by atoms with E-state index in [2.05, 4.69) is 4.52 Å². The minimum atomic E-state index is -1.35. The molecule has 0 aromatic carbocycles. The Morgan fingerprint density at radius 2 is 2.33 bits per heavy atom. The Morgan fingerprint density at radius 1 is 1.78 bits per heavy atom. The van der Waals surface area contributed by atoms with Crippen LogP contribution in [0.4, 0.5) is 0 Å². The van der Waals surface area contributed by atoms with Crippen LogP contribution in [-0.4, -0.2) is 13.2 Å². The molecule has 0 aliphatic carbocycles. The summed E-state index contributed by atoms with van der Waals surface area (Å²) >= 11 is 0. The van der Waals surface area contributed by atoms with Crippen molar-refractivity contribution in [2.24, 2.45) is 5.50 Å². The van der Waals surface area contributed by atoms with E-state index >= 15 is 0 Å². The molecule has 0 fully saturated rings. The van der Waals surface area contributed by atoms with Crippen molar-refractivity contribution >= 4 is 8.53 Å². The fraction of sp³-hybridized carbons (Fsp3) is 0.750. The maximum absolute atomic E-state index is 8.20. The van der Waals surface area contributed by atoms with Gasteiger partial charge in [-0.1, -0.05) is 0 Å². The Kier molecular flexibility index (Phi) is 4.55. The number of nitriles is 1. The lowest BCUT2D eigenvalue weighted by Gasteiger charge is -2.09. The fourth-order valence-electron chi connectivity index (χ4n) is 0.222. The van der Waals surface area contributed by atoms with Crippen LogP contribution in [0.1, 0.15) is 6.92 Å². The summed E-state index contributed by atoms with van der Waals surface area (Å²) in [6.45, 7) is 1.61. The molecular formula is C4H9N2O2P. The summed E-state index contributed by atoms with van der Waals surface area (Å²) in [5, 5.41) is 8.20. The Hall–Kier alpha value is -0.200. The normalized spacial score (nSPS) is 16.2. The van der Waals surface area contributed by atoms with Gasteiger partial charge in [-0.25, -0.2) is 0 Å². The molecule has 0 aliphatic rings. The van der Waals surface area contributed by atoms with E-state index in [1.807, 2.05) is 6.07 Å². The summed E-state index contributed by atoms with van der Waals surface area (Å²) in [4.78, 5) is 0. The van der Waals surface area contributed by atoms with Crippen molar-refractivity contribution in [2.75, 3.05) is 7.11 Å². The van der Waals surface area contributed by atoms with Gasteiger partial charge < -0.3 is 9.05 Å². The number of rotatable bonds is 3. The first-order valence-corrected chi connectivity index (χ1v) is 3.60. The maximum Gasteiger partial charge on any atom is 0.253 e. The van der Waals surface area contributed by atoms with Gasteiger partial charge in [0.05, 0.1) is 6.07 Å². The van der Waals surface area contributed by atoms with Gasteiger partial charge in [0, 0.05) is 7.11 Å². The van der Waals surface area contributed by atoms with Crippen molar-refractivity contribution in [1.29, 1.82) is 5.26 Å². The molecule has 0 aromatic rings. The summed E-state index contributed by atoms with van der Waals surface area (Å²) in [6.07, 6.45) is -0.485. The molecule has 0 saturated carbocycles. The van der Waals surface area contributed by atoms with Crippen LogP contribution < -0.4 is 5.50 Å². The highest BCUT2D eigenvalue weighted by Gasteiger charge is 2.05. The van der Waals surface area contributed by atoms with Crippen LogP contribution in [0.15, 0.2) is 0 Å². The Balaban J connectivity index is 3.37. The van der Waals surface area contributed by atoms with Crippen LogP contribution in [0.3, 0.4) is 0 Å². The van der Waals surface area contributed by atoms with Crippen LogP contribution in [0, 0.1) is 11.3 Å². The van der Waals surface area contributed by atoms with Crippen LogP contribution in [0.25, 0.3) is 0 Å². The maximum atomic E-state index is 8.20. The van der Waals surface area contributed by atoms with E-state index in [9.17, 15) is 0 Å². The topological polar surface area (TPSA) is 68.3 Å². The standard InChI is InChI=1S/C4H9N2O2P/c1-4(3-5)8-9(6)7-2/h4H,6H2,1-2H3. The van der Waals surface area contributed by atoms with Gasteiger partial charge in [0.15, 0.2) is 0 Å². The van der Waals surface area contributed by atoms with E-state index in [1.165, 1.54) is 7.11 Å². The van der Waals surface area contributed by atoms with Gasteiger partial charge in [-0.05, 0) is 6.92 Å². The number of nitrogens with two attached hydrogens (primary N) is 1. The molecule has 4 nitrogen and oxygen atoms in total. The van der Waals surface area contributed by atoms with Crippen molar-refractivity contribution in [1.82, 2.24) is 0 Å². The summed E-state index contributed by atoms with van der Waals surface area (Å²) in [5.74, 6) is 0. The van der Waals surface area contributed by atoms with Crippen LogP contribution in [0.2, 0.25) is 0 Å². The monoisotopic (exact) mass is 148 g/mol. The van der Waals surface area contributed by atoms with E-state index in [-0.39, 0.29) is 0 Å². The molecule has 2 atom stereocenters. The highest BCUT2D eigenvalue weighted by atomic mass is 31.2. The molecule has 0 bridgehead atoms. The van der Waals surface area contributed by atoms with Gasteiger partial charge in [-0.15, -0.1) is 0 Å². The predicted molar refractivity (Wildman–Crippen MR) is 34.3 cm³/mol. The smallest absolute Gasteiger partial charge is 0.253 e. The Morgan fingerprint density at radius 3 is 2.67 bits per heavy atom. The highest BCUT2D eigenvalue weighted by Crippen LogP contribution is 2.28. The average molecular weight is 148 g/mol. The zero-order chi connectivity index (χ0) is 7.28. The molecule has 0 aliphatic heterocycles. The van der Waals surface area contributed by atoms with Crippen molar-refractivity contribution in [3.63, 3.8) is 0 Å². The van der Waals surface area contributed by atoms with Gasteiger partial charge in [0.2, 0.25) is 0 Å². The molecule has 2 N–H and O–H groups in total. The summed E-state index contributed by atoms with van der Waals surface area (Å²) < 4.78 is 9.40. The average Bonchev–Trinajstić information content (AvgIpc) is 1.87. The lowest BCUT2D eigenvalue weighted by molar-refractivity contribution is 0.253. The van der Waals surface area contributed by atoms with Crippen LogP contribution >= 0.6 is 8.53 Å². The molecule has 5 heteroatoms. The molecule has 0 rings (SSSR count). The zero-order valence-electron chi connectivity index (χ0n) is 5.37. The van der Waals surface area contributed by atoms with Gasteiger partial charge >= 0.3 is 0 Å². The number of hydrogen-bond donors (Lipinski definition) is 1. The molecule has 0 aromatic heterocycles. The van der Waals surface area contributed by atoms with Crippen LogP contribution in [0.5, 0.6) is 0 Å². The van der Waals surface area contributed by atoms with Crippen molar-refractivity contribution in [2.45, 2.75) is 13.0 Å². The van der Waals surface area contributed by atoms with E-state index in [4.69, 9.17) is 15.3 Å². The minimum absolute atomic E-state index is 0.485. The number of hydrogen-bond acceptors (Lipinski definition) is 4. The van der Waals surface area contributed by atoms with Crippen molar-refractivity contribution in [3.05, 3.63) is 0 Å². The fourth-order valence-corrected chi connectivity index (χ4v) is 0.667. The second-order valence-corrected chi connectivity index (χ2v) is 2.49. The first-order valence-electron chi connectivity index (χ1n) is 2.36. The molecule has 2 unspecified atom stereocenters. The van der Waals surface area contributed by atoms with E-state index < -0.39 is 14.6 Å². The first-order chi connectivity index (χ1) is 4.20. The quantitative estimate of drug-likeness (QED) is 0.599. The predicted octanol–water partition coefficient (Wildman–Crippen LogP) is 0.747. The van der Waals surface area contributed by atoms with Gasteiger partial charge in [-0.2, -0.15) is 5.26 Å². The second kappa shape index (κ2) is 4.66. The molecule has 52 valence electrons. The largest absolute Gasteiger partial charge is 0.326 e. The molecule has 0 radical (unpaired) electrons.